The summed E-state index contributed by atoms with van der Waals surface area (Å²) in [4.78, 5) is 0.118. The quantitative estimate of drug-likeness (QED) is 0.437. The smallest absolute Gasteiger partial charge is 0.285 e. The van der Waals surface area contributed by atoms with E-state index in [1.54, 1.807) is 30.3 Å². The van der Waals surface area contributed by atoms with Crippen LogP contribution in [0.25, 0.3) is 0 Å². The van der Waals surface area contributed by atoms with Crippen LogP contribution in [-0.2, 0) is 10.0 Å². The van der Waals surface area contributed by atoms with E-state index in [-0.39, 0.29) is 27.8 Å². The van der Waals surface area contributed by atoms with E-state index in [0.717, 1.165) is 0 Å². The molecular formula is C14H11N3O4S. The summed E-state index contributed by atoms with van der Waals surface area (Å²) in [5.41, 5.74) is 3.25. The van der Waals surface area contributed by atoms with E-state index < -0.39 is 10.0 Å². The summed E-state index contributed by atoms with van der Waals surface area (Å²) in [6.07, 6.45) is 1.26. The van der Waals surface area contributed by atoms with Crippen LogP contribution < -0.4 is 5.43 Å². The summed E-state index contributed by atoms with van der Waals surface area (Å²) < 4.78 is 27.3. The van der Waals surface area contributed by atoms with Crippen LogP contribution in [0.2, 0.25) is 0 Å². The van der Waals surface area contributed by atoms with Crippen LogP contribution in [0.15, 0.2) is 56.9 Å². The van der Waals surface area contributed by atoms with Crippen molar-refractivity contribution < 1.29 is 18.6 Å². The maximum absolute atomic E-state index is 11.8. The molecule has 22 heavy (non-hydrogen) atoms. The van der Waals surface area contributed by atoms with Crippen molar-refractivity contribution in [2.45, 2.75) is 4.90 Å². The molecule has 2 aromatic rings. The summed E-state index contributed by atoms with van der Waals surface area (Å²) in [7, 11) is -3.70. The Kier molecular flexibility index (Phi) is 3.30. The number of phenols is 2. The Morgan fingerprint density at radius 2 is 1.86 bits per heavy atom. The molecule has 7 nitrogen and oxygen atoms in total. The molecule has 3 rings (SSSR count). The second-order valence-electron chi connectivity index (χ2n) is 4.50. The van der Waals surface area contributed by atoms with Gasteiger partial charge >= 0.3 is 0 Å². The van der Waals surface area contributed by atoms with Crippen molar-refractivity contribution in [3.05, 3.63) is 53.6 Å². The summed E-state index contributed by atoms with van der Waals surface area (Å²) in [5.74, 6) is -0.476. The van der Waals surface area contributed by atoms with E-state index >= 15 is 0 Å². The number of para-hydroxylation sites is 1. The average molecular weight is 317 g/mol. The van der Waals surface area contributed by atoms with Gasteiger partial charge in [0, 0.05) is 11.1 Å². The Morgan fingerprint density at radius 3 is 2.68 bits per heavy atom. The van der Waals surface area contributed by atoms with E-state index in [9.17, 15) is 18.6 Å². The highest BCUT2D eigenvalue weighted by Gasteiger charge is 2.28. The van der Waals surface area contributed by atoms with Gasteiger partial charge in [0.1, 0.15) is 4.90 Å². The van der Waals surface area contributed by atoms with Crippen LogP contribution in [0.4, 0.5) is 0 Å². The lowest BCUT2D eigenvalue weighted by atomic mass is 10.2. The molecule has 3 N–H and O–H groups in total. The van der Waals surface area contributed by atoms with Gasteiger partial charge < -0.3 is 10.2 Å². The third kappa shape index (κ3) is 2.40. The normalized spacial score (nSPS) is 15.5. The molecule has 0 amide bonds. The van der Waals surface area contributed by atoms with Crippen LogP contribution in [0.3, 0.4) is 0 Å². The zero-order chi connectivity index (χ0) is 15.7. The molecule has 2 aromatic carbocycles. The van der Waals surface area contributed by atoms with Crippen molar-refractivity contribution in [2.75, 3.05) is 0 Å². The van der Waals surface area contributed by atoms with Gasteiger partial charge in [-0.2, -0.15) is 13.5 Å². The van der Waals surface area contributed by atoms with E-state index in [4.69, 9.17) is 0 Å². The molecular weight excluding hydrogens is 306 g/mol. The number of rotatable bonds is 2. The first-order valence-electron chi connectivity index (χ1n) is 6.23. The largest absolute Gasteiger partial charge is 0.504 e. The van der Waals surface area contributed by atoms with Crippen LogP contribution in [0.1, 0.15) is 11.1 Å². The van der Waals surface area contributed by atoms with Gasteiger partial charge in [-0.05, 0) is 24.3 Å². The first-order chi connectivity index (χ1) is 10.5. The lowest BCUT2D eigenvalue weighted by molar-refractivity contribution is 0.403. The maximum atomic E-state index is 11.8. The molecule has 0 unspecified atom stereocenters. The number of aromatic hydroxyl groups is 2. The molecule has 1 aliphatic rings. The van der Waals surface area contributed by atoms with Gasteiger partial charge in [-0.15, -0.1) is 4.40 Å². The van der Waals surface area contributed by atoms with Gasteiger partial charge in [-0.1, -0.05) is 18.2 Å². The number of nitrogens with zero attached hydrogens (tertiary/aromatic N) is 2. The van der Waals surface area contributed by atoms with Crippen molar-refractivity contribution in [3.8, 4) is 11.5 Å². The van der Waals surface area contributed by atoms with Crippen LogP contribution in [0.5, 0.6) is 11.5 Å². The van der Waals surface area contributed by atoms with Crippen LogP contribution in [-0.4, -0.2) is 30.7 Å². The SMILES string of the molecule is O=S1(=O)N=C(NN=Cc2cccc(O)c2O)c2ccccc21. The number of benzene rings is 2. The predicted octanol–water partition coefficient (Wildman–Crippen LogP) is 1.17. The molecule has 0 aliphatic carbocycles. The fourth-order valence-corrected chi connectivity index (χ4v) is 3.17. The second-order valence-corrected chi connectivity index (χ2v) is 6.07. The molecule has 0 bridgehead atoms. The summed E-state index contributed by atoms with van der Waals surface area (Å²) in [6, 6.07) is 10.8. The second kappa shape index (κ2) is 5.15. The fourth-order valence-electron chi connectivity index (χ4n) is 2.00. The van der Waals surface area contributed by atoms with Crippen molar-refractivity contribution in [2.24, 2.45) is 9.50 Å². The third-order valence-electron chi connectivity index (χ3n) is 3.05. The average Bonchev–Trinajstić information content (AvgIpc) is 2.75. The number of hydrazone groups is 1. The summed E-state index contributed by atoms with van der Waals surface area (Å²) in [6.45, 7) is 0. The number of hydrogen-bond donors (Lipinski definition) is 3. The molecule has 0 aromatic heterocycles. The van der Waals surface area contributed by atoms with E-state index in [0.29, 0.717) is 5.56 Å². The first kappa shape index (κ1) is 14.1. The van der Waals surface area contributed by atoms with Gasteiger partial charge in [0.05, 0.1) is 6.21 Å². The molecule has 1 heterocycles. The van der Waals surface area contributed by atoms with Crippen molar-refractivity contribution in [1.29, 1.82) is 0 Å². The number of hydrogen-bond acceptors (Lipinski definition) is 6. The highest BCUT2D eigenvalue weighted by molar-refractivity contribution is 7.90. The number of nitrogens with one attached hydrogen (secondary N) is 1. The Labute approximate surface area is 126 Å². The van der Waals surface area contributed by atoms with Crippen molar-refractivity contribution in [1.82, 2.24) is 5.43 Å². The Balaban J connectivity index is 1.86. The van der Waals surface area contributed by atoms with E-state index in [2.05, 4.69) is 14.9 Å². The highest BCUT2D eigenvalue weighted by atomic mass is 32.2. The van der Waals surface area contributed by atoms with Gasteiger partial charge in [-0.25, -0.2) is 0 Å². The van der Waals surface area contributed by atoms with Gasteiger partial charge in [0.15, 0.2) is 17.3 Å². The number of sulfonamides is 1. The van der Waals surface area contributed by atoms with Gasteiger partial charge in [0.2, 0.25) is 0 Å². The number of phenolic OH excluding ortho intramolecular Hbond substituents is 2. The van der Waals surface area contributed by atoms with Crippen LogP contribution in [0, 0.1) is 0 Å². The number of amidine groups is 1. The van der Waals surface area contributed by atoms with Gasteiger partial charge in [0.25, 0.3) is 10.0 Å². The lowest BCUT2D eigenvalue weighted by Gasteiger charge is -2.02. The first-order valence-corrected chi connectivity index (χ1v) is 7.67. The maximum Gasteiger partial charge on any atom is 0.285 e. The summed E-state index contributed by atoms with van der Waals surface area (Å²) >= 11 is 0. The number of fused-ring (bicyclic) bond motifs is 1. The monoisotopic (exact) mass is 317 g/mol. The minimum Gasteiger partial charge on any atom is -0.504 e. The molecule has 0 fully saturated rings. The van der Waals surface area contributed by atoms with E-state index in [1.165, 1.54) is 18.3 Å². The Morgan fingerprint density at radius 1 is 1.09 bits per heavy atom. The van der Waals surface area contributed by atoms with E-state index in [1.807, 2.05) is 0 Å². The standard InChI is InChI=1S/C14H11N3O4S/c18-11-6-3-4-9(13(11)19)8-15-16-14-10-5-1-2-7-12(10)22(20,21)17-14/h1-8,18-19H,(H,16,17). The lowest BCUT2D eigenvalue weighted by Crippen LogP contribution is -2.17. The molecule has 0 atom stereocenters. The molecule has 8 heteroatoms. The van der Waals surface area contributed by atoms with Crippen molar-refractivity contribution in [3.63, 3.8) is 0 Å². The minimum absolute atomic E-state index is 0.103. The molecule has 0 saturated heterocycles. The third-order valence-corrected chi connectivity index (χ3v) is 4.39. The topological polar surface area (TPSA) is 111 Å². The Hall–Kier alpha value is -2.87. The highest BCUT2D eigenvalue weighted by Crippen LogP contribution is 2.27. The fraction of sp³-hybridized carbons (Fsp3) is 0. The Bertz CT molecular complexity index is 904. The van der Waals surface area contributed by atoms with Crippen LogP contribution >= 0.6 is 0 Å². The molecule has 0 saturated carbocycles. The molecule has 1 aliphatic heterocycles. The zero-order valence-corrected chi connectivity index (χ0v) is 11.9. The predicted molar refractivity (Wildman–Crippen MR) is 80.7 cm³/mol. The molecule has 0 radical (unpaired) electrons. The van der Waals surface area contributed by atoms with Crippen molar-refractivity contribution >= 4 is 22.1 Å². The molecule has 0 spiro atoms. The minimum atomic E-state index is -3.70. The zero-order valence-electron chi connectivity index (χ0n) is 11.1. The summed E-state index contributed by atoms with van der Waals surface area (Å²) in [5, 5.41) is 22.9. The van der Waals surface area contributed by atoms with Gasteiger partial charge in [-0.3, -0.25) is 5.43 Å². The molecule has 112 valence electrons.